The summed E-state index contributed by atoms with van der Waals surface area (Å²) in [5, 5.41) is 0. The lowest BCUT2D eigenvalue weighted by atomic mass is 10.1. The Labute approximate surface area is 136 Å². The molecule has 1 saturated heterocycles. The van der Waals surface area contributed by atoms with Crippen molar-refractivity contribution in [2.45, 2.75) is 13.3 Å². The topological polar surface area (TPSA) is 23.6 Å². The molecule has 0 saturated carbocycles. The zero-order valence-electron chi connectivity index (χ0n) is 13.3. The maximum atomic E-state index is 13.2. The number of hydrogen-bond acceptors (Lipinski definition) is 2. The molecule has 2 aromatic rings. The summed E-state index contributed by atoms with van der Waals surface area (Å²) in [6, 6.07) is 14.7. The fourth-order valence-electron chi connectivity index (χ4n) is 2.90. The smallest absolute Gasteiger partial charge is 0.227 e. The predicted molar refractivity (Wildman–Crippen MR) is 90.1 cm³/mol. The fourth-order valence-corrected chi connectivity index (χ4v) is 2.90. The molecular weight excluding hydrogens is 291 g/mol. The molecule has 0 atom stereocenters. The Morgan fingerprint density at radius 1 is 1.04 bits per heavy atom. The molecule has 0 N–H and O–H groups in total. The van der Waals surface area contributed by atoms with Crippen LogP contribution in [0.15, 0.2) is 48.5 Å². The number of rotatable bonds is 3. The third-order valence-corrected chi connectivity index (χ3v) is 4.28. The van der Waals surface area contributed by atoms with Crippen LogP contribution in [0.4, 0.5) is 10.1 Å². The lowest BCUT2D eigenvalue weighted by Crippen LogP contribution is -2.49. The van der Waals surface area contributed by atoms with E-state index in [0.717, 1.165) is 18.7 Å². The van der Waals surface area contributed by atoms with Crippen molar-refractivity contribution in [2.24, 2.45) is 0 Å². The van der Waals surface area contributed by atoms with Crippen LogP contribution in [0.25, 0.3) is 0 Å². The Balaban J connectivity index is 1.56. The van der Waals surface area contributed by atoms with Crippen LogP contribution in [0.1, 0.15) is 11.1 Å². The van der Waals surface area contributed by atoms with Crippen molar-refractivity contribution in [3.05, 3.63) is 65.5 Å². The second kappa shape index (κ2) is 6.82. The van der Waals surface area contributed by atoms with E-state index in [0.29, 0.717) is 13.1 Å². The van der Waals surface area contributed by atoms with E-state index in [4.69, 9.17) is 0 Å². The molecule has 120 valence electrons. The van der Waals surface area contributed by atoms with Gasteiger partial charge in [0.25, 0.3) is 0 Å². The minimum absolute atomic E-state index is 0.0687. The Bertz CT molecular complexity index is 676. The quantitative estimate of drug-likeness (QED) is 0.870. The Morgan fingerprint density at radius 2 is 1.74 bits per heavy atom. The van der Waals surface area contributed by atoms with Crippen LogP contribution >= 0.6 is 0 Å². The van der Waals surface area contributed by atoms with E-state index < -0.39 is 0 Å². The summed E-state index contributed by atoms with van der Waals surface area (Å²) in [7, 11) is 0. The summed E-state index contributed by atoms with van der Waals surface area (Å²) in [5.41, 5.74) is 3.18. The van der Waals surface area contributed by atoms with Crippen molar-refractivity contribution in [3.8, 4) is 0 Å². The second-order valence-corrected chi connectivity index (χ2v) is 6.01. The molecule has 3 nitrogen and oxygen atoms in total. The van der Waals surface area contributed by atoms with Gasteiger partial charge in [0.15, 0.2) is 0 Å². The molecule has 23 heavy (non-hydrogen) atoms. The zero-order chi connectivity index (χ0) is 16.2. The van der Waals surface area contributed by atoms with E-state index in [1.54, 1.807) is 12.1 Å². The molecule has 1 aliphatic rings. The van der Waals surface area contributed by atoms with Crippen molar-refractivity contribution in [2.75, 3.05) is 31.1 Å². The van der Waals surface area contributed by atoms with Crippen LogP contribution in [0.5, 0.6) is 0 Å². The lowest BCUT2D eigenvalue weighted by Gasteiger charge is -2.36. The highest BCUT2D eigenvalue weighted by Gasteiger charge is 2.21. The van der Waals surface area contributed by atoms with Gasteiger partial charge in [-0.2, -0.15) is 0 Å². The molecule has 2 aromatic carbocycles. The zero-order valence-corrected chi connectivity index (χ0v) is 13.3. The Hall–Kier alpha value is -2.36. The molecule has 1 heterocycles. The van der Waals surface area contributed by atoms with Gasteiger partial charge < -0.3 is 9.80 Å². The van der Waals surface area contributed by atoms with Crippen molar-refractivity contribution >= 4 is 11.6 Å². The number of amides is 1. The molecule has 1 aliphatic heterocycles. The van der Waals surface area contributed by atoms with E-state index >= 15 is 0 Å². The summed E-state index contributed by atoms with van der Waals surface area (Å²) in [4.78, 5) is 16.5. The molecule has 4 heteroatoms. The number of carbonyl (C=O) groups is 1. The number of aryl methyl sites for hydroxylation is 1. The van der Waals surface area contributed by atoms with Gasteiger partial charge in [0.1, 0.15) is 5.82 Å². The summed E-state index contributed by atoms with van der Waals surface area (Å²) in [5.74, 6) is -0.223. The molecule has 0 aliphatic carbocycles. The van der Waals surface area contributed by atoms with Gasteiger partial charge in [0.2, 0.25) is 5.91 Å². The number of anilines is 1. The molecule has 1 amide bonds. The number of piperazine rings is 1. The van der Waals surface area contributed by atoms with Gasteiger partial charge >= 0.3 is 0 Å². The largest absolute Gasteiger partial charge is 0.368 e. The average molecular weight is 312 g/mol. The molecule has 0 bridgehead atoms. The van der Waals surface area contributed by atoms with Crippen LogP contribution in [-0.2, 0) is 11.2 Å². The summed E-state index contributed by atoms with van der Waals surface area (Å²) < 4.78 is 13.2. The first kappa shape index (κ1) is 15.5. The standard InChI is InChI=1S/C19H21FN2O/c1-15-5-7-18(8-6-15)21-9-11-22(12-10-21)19(23)14-16-3-2-4-17(20)13-16/h2-8,13H,9-12,14H2,1H3. The van der Waals surface area contributed by atoms with Crippen LogP contribution in [-0.4, -0.2) is 37.0 Å². The van der Waals surface area contributed by atoms with Crippen LogP contribution in [0.2, 0.25) is 0 Å². The van der Waals surface area contributed by atoms with Gasteiger partial charge in [0.05, 0.1) is 6.42 Å². The Kier molecular flexibility index (Phi) is 4.60. The maximum absolute atomic E-state index is 13.2. The van der Waals surface area contributed by atoms with Gasteiger partial charge in [-0.25, -0.2) is 4.39 Å². The van der Waals surface area contributed by atoms with Crippen molar-refractivity contribution in [1.82, 2.24) is 4.90 Å². The third-order valence-electron chi connectivity index (χ3n) is 4.28. The molecule has 1 fully saturated rings. The van der Waals surface area contributed by atoms with Gasteiger partial charge in [-0.15, -0.1) is 0 Å². The monoisotopic (exact) mass is 312 g/mol. The Morgan fingerprint density at radius 3 is 2.39 bits per heavy atom. The first-order chi connectivity index (χ1) is 11.1. The van der Waals surface area contributed by atoms with E-state index in [-0.39, 0.29) is 18.1 Å². The number of halogens is 1. The fraction of sp³-hybridized carbons (Fsp3) is 0.316. The second-order valence-electron chi connectivity index (χ2n) is 6.01. The normalized spacial score (nSPS) is 14.9. The van der Waals surface area contributed by atoms with Crippen LogP contribution in [0, 0.1) is 12.7 Å². The molecular formula is C19H21FN2O. The van der Waals surface area contributed by atoms with Crippen molar-refractivity contribution in [1.29, 1.82) is 0 Å². The van der Waals surface area contributed by atoms with E-state index in [2.05, 4.69) is 36.1 Å². The van der Waals surface area contributed by atoms with Crippen molar-refractivity contribution < 1.29 is 9.18 Å². The van der Waals surface area contributed by atoms with Crippen LogP contribution < -0.4 is 4.90 Å². The number of hydrogen-bond donors (Lipinski definition) is 0. The molecule has 0 aromatic heterocycles. The summed E-state index contributed by atoms with van der Waals surface area (Å²) >= 11 is 0. The molecule has 0 radical (unpaired) electrons. The van der Waals surface area contributed by atoms with Crippen LogP contribution in [0.3, 0.4) is 0 Å². The number of nitrogens with zero attached hydrogens (tertiary/aromatic N) is 2. The lowest BCUT2D eigenvalue weighted by molar-refractivity contribution is -0.130. The first-order valence-electron chi connectivity index (χ1n) is 7.96. The molecule has 0 spiro atoms. The molecule has 3 rings (SSSR count). The summed E-state index contributed by atoms with van der Waals surface area (Å²) in [6.07, 6.45) is 0.266. The highest BCUT2D eigenvalue weighted by Crippen LogP contribution is 2.17. The van der Waals surface area contributed by atoms with Gasteiger partial charge in [0, 0.05) is 31.9 Å². The highest BCUT2D eigenvalue weighted by molar-refractivity contribution is 5.79. The van der Waals surface area contributed by atoms with Gasteiger partial charge in [-0.1, -0.05) is 29.8 Å². The third kappa shape index (κ3) is 3.89. The first-order valence-corrected chi connectivity index (χ1v) is 7.96. The van der Waals surface area contributed by atoms with Gasteiger partial charge in [-0.05, 0) is 36.8 Å². The number of carbonyl (C=O) groups excluding carboxylic acids is 1. The minimum atomic E-state index is -0.292. The SMILES string of the molecule is Cc1ccc(N2CCN(C(=O)Cc3cccc(F)c3)CC2)cc1. The summed E-state index contributed by atoms with van der Waals surface area (Å²) in [6.45, 7) is 5.16. The molecule has 0 unspecified atom stereocenters. The maximum Gasteiger partial charge on any atom is 0.227 e. The highest BCUT2D eigenvalue weighted by atomic mass is 19.1. The van der Waals surface area contributed by atoms with Crippen molar-refractivity contribution in [3.63, 3.8) is 0 Å². The van der Waals surface area contributed by atoms with E-state index in [1.165, 1.54) is 23.4 Å². The van der Waals surface area contributed by atoms with E-state index in [9.17, 15) is 9.18 Å². The van der Waals surface area contributed by atoms with E-state index in [1.807, 2.05) is 4.90 Å². The van der Waals surface area contributed by atoms with Gasteiger partial charge in [-0.3, -0.25) is 4.79 Å². The predicted octanol–water partition coefficient (Wildman–Crippen LogP) is 3.03. The number of benzene rings is 2. The minimum Gasteiger partial charge on any atom is -0.368 e. The average Bonchev–Trinajstić information content (AvgIpc) is 2.56.